The number of amides is 2. The minimum atomic E-state index is -0.885. The van der Waals surface area contributed by atoms with Crippen molar-refractivity contribution in [3.63, 3.8) is 0 Å². The van der Waals surface area contributed by atoms with Gasteiger partial charge in [-0.2, -0.15) is 5.06 Å². The lowest BCUT2D eigenvalue weighted by molar-refractivity contribution is -0.183. The Morgan fingerprint density at radius 3 is 2.51 bits per heavy atom. The second-order valence-electron chi connectivity index (χ2n) is 14.0. The van der Waals surface area contributed by atoms with Crippen molar-refractivity contribution in [2.24, 2.45) is 29.1 Å². The Morgan fingerprint density at radius 2 is 1.93 bits per heavy atom. The molecule has 2 bridgehead atoms. The van der Waals surface area contributed by atoms with Gasteiger partial charge in [0.2, 0.25) is 5.91 Å². The Morgan fingerprint density at radius 1 is 1.20 bits per heavy atom. The second kappa shape index (κ2) is 12.9. The Labute approximate surface area is 267 Å². The molecule has 1 heterocycles. The smallest absolute Gasteiger partial charge is 0.251 e. The highest BCUT2D eigenvalue weighted by Crippen LogP contribution is 2.61. The number of methoxy groups -OCH3 is 1. The molecule has 8 atom stereocenters. The van der Waals surface area contributed by atoms with Crippen LogP contribution in [0.25, 0.3) is 11.1 Å². The van der Waals surface area contributed by atoms with E-state index in [1.54, 1.807) is 26.1 Å². The number of aliphatic hydroxyl groups excluding tert-OH is 2. The number of fused-ring (bicyclic) bond motifs is 2. The summed E-state index contributed by atoms with van der Waals surface area (Å²) >= 11 is 0. The van der Waals surface area contributed by atoms with Gasteiger partial charge in [-0.1, -0.05) is 39.0 Å². The van der Waals surface area contributed by atoms with E-state index >= 15 is 0 Å². The van der Waals surface area contributed by atoms with Gasteiger partial charge in [0.05, 0.1) is 26.4 Å². The zero-order valence-corrected chi connectivity index (χ0v) is 27.8. The molecule has 0 radical (unpaired) electrons. The largest absolute Gasteiger partial charge is 0.496 e. The molecule has 1 saturated heterocycles. The summed E-state index contributed by atoms with van der Waals surface area (Å²) in [6.07, 6.45) is 0.523. The third-order valence-electron chi connectivity index (χ3n) is 10.9. The number of nitrogens with zero attached hydrogens (tertiary/aromatic N) is 2. The van der Waals surface area contributed by atoms with E-state index in [0.717, 1.165) is 28.8 Å². The van der Waals surface area contributed by atoms with Crippen molar-refractivity contribution in [2.45, 2.75) is 71.4 Å². The van der Waals surface area contributed by atoms with Gasteiger partial charge in [-0.25, -0.2) is 0 Å². The molecule has 4 aliphatic rings. The zero-order valence-electron chi connectivity index (χ0n) is 27.8. The number of carbonyl (C=O) groups excluding carboxylic acids is 2. The van der Waals surface area contributed by atoms with Crippen molar-refractivity contribution < 1.29 is 29.4 Å². The fraction of sp³-hybridized carbons (Fsp3) is 0.600. The van der Waals surface area contributed by atoms with Gasteiger partial charge < -0.3 is 30.5 Å². The summed E-state index contributed by atoms with van der Waals surface area (Å²) in [5.74, 6) is 1.07. The first-order valence-corrected chi connectivity index (χ1v) is 16.1. The van der Waals surface area contributed by atoms with E-state index in [0.29, 0.717) is 34.5 Å². The van der Waals surface area contributed by atoms with Gasteiger partial charge in [0.1, 0.15) is 17.9 Å². The number of para-hydroxylation sites is 1. The monoisotopic (exact) mass is 622 g/mol. The molecule has 45 heavy (non-hydrogen) atoms. The molecule has 10 nitrogen and oxygen atoms in total. The average molecular weight is 623 g/mol. The molecule has 1 aliphatic heterocycles. The van der Waals surface area contributed by atoms with Crippen LogP contribution in [0.4, 0.5) is 5.69 Å². The average Bonchev–Trinajstić information content (AvgIpc) is 3.39. The van der Waals surface area contributed by atoms with Gasteiger partial charge in [-0.05, 0) is 66.7 Å². The van der Waals surface area contributed by atoms with Gasteiger partial charge in [-0.15, -0.1) is 0 Å². The van der Waals surface area contributed by atoms with Crippen LogP contribution < -0.4 is 20.3 Å². The molecule has 2 aromatic rings. The maximum absolute atomic E-state index is 14.1. The lowest BCUT2D eigenvalue weighted by atomic mass is 9.45. The van der Waals surface area contributed by atoms with Crippen LogP contribution in [0.5, 0.6) is 5.75 Å². The second-order valence-corrected chi connectivity index (χ2v) is 14.0. The van der Waals surface area contributed by atoms with Gasteiger partial charge in [0, 0.05) is 55.5 Å². The number of rotatable bonds is 10. The summed E-state index contributed by atoms with van der Waals surface area (Å²) in [5.41, 5.74) is 4.03. The summed E-state index contributed by atoms with van der Waals surface area (Å²) < 4.78 is 5.97. The maximum atomic E-state index is 14.1. The Bertz CT molecular complexity index is 1410. The fourth-order valence-corrected chi connectivity index (χ4v) is 8.13. The van der Waals surface area contributed by atoms with Crippen molar-refractivity contribution >= 4 is 17.5 Å². The quantitative estimate of drug-likeness (QED) is 0.318. The predicted molar refractivity (Wildman–Crippen MR) is 174 cm³/mol. The van der Waals surface area contributed by atoms with Crippen LogP contribution >= 0.6 is 0 Å². The number of nitrogens with one attached hydrogen (secondary N) is 2. The normalized spacial score (nSPS) is 29.4. The molecule has 10 heteroatoms. The molecular weight excluding hydrogens is 572 g/mol. The first-order chi connectivity index (χ1) is 21.3. The number of hydroxylamine groups is 2. The molecule has 246 valence electrons. The van der Waals surface area contributed by atoms with Crippen molar-refractivity contribution in [3.05, 3.63) is 47.5 Å². The first-order valence-electron chi connectivity index (χ1n) is 16.1. The zero-order chi connectivity index (χ0) is 32.8. The minimum Gasteiger partial charge on any atom is -0.496 e. The van der Waals surface area contributed by atoms with Crippen LogP contribution in [0.15, 0.2) is 36.4 Å². The van der Waals surface area contributed by atoms with Gasteiger partial charge in [0.15, 0.2) is 0 Å². The Balaban J connectivity index is 1.46. The lowest BCUT2D eigenvalue weighted by Crippen LogP contribution is -2.62. The highest BCUT2D eigenvalue weighted by atomic mass is 16.7. The standard InChI is InChI=1S/C35H50N4O6/c1-19-27-15-24(35(27,3)4)16-28(19)37-34(43)31-30(20(2)41)29(18-40)45-39(31)17-21-10-9-11-26(32(21)44-8)22-12-23(33(42)36-5)14-25(13-22)38(6)7/h9-14,19-20,24,27-31,40-41H,15-18H2,1-8H3,(H,36,42)(H,37,43)/t19-,20-,24+,27-,28-,29-,30+,31-/m0/s1. The van der Waals surface area contributed by atoms with E-state index in [1.807, 2.05) is 55.4 Å². The number of anilines is 1. The van der Waals surface area contributed by atoms with Crippen molar-refractivity contribution in [3.8, 4) is 16.9 Å². The molecule has 3 saturated carbocycles. The van der Waals surface area contributed by atoms with Crippen LogP contribution in [0.1, 0.15) is 56.5 Å². The number of carbonyl (C=O) groups is 2. The van der Waals surface area contributed by atoms with Crippen molar-refractivity contribution in [1.29, 1.82) is 0 Å². The molecule has 2 aromatic carbocycles. The first kappa shape index (κ1) is 33.2. The van der Waals surface area contributed by atoms with Gasteiger partial charge in [-0.3, -0.25) is 14.4 Å². The molecule has 0 aromatic heterocycles. The summed E-state index contributed by atoms with van der Waals surface area (Å²) in [5, 5.41) is 28.7. The van der Waals surface area contributed by atoms with E-state index in [2.05, 4.69) is 31.4 Å². The van der Waals surface area contributed by atoms with Crippen LogP contribution in [0, 0.1) is 29.1 Å². The maximum Gasteiger partial charge on any atom is 0.251 e. The van der Waals surface area contributed by atoms with Gasteiger partial charge in [0.25, 0.3) is 5.91 Å². The van der Waals surface area contributed by atoms with E-state index < -0.39 is 24.2 Å². The van der Waals surface area contributed by atoms with E-state index in [9.17, 15) is 19.8 Å². The van der Waals surface area contributed by atoms with Crippen LogP contribution in [-0.2, 0) is 16.2 Å². The number of ether oxygens (including phenoxy) is 1. The van der Waals surface area contributed by atoms with Crippen molar-refractivity contribution in [1.82, 2.24) is 15.7 Å². The SMILES string of the molecule is CNC(=O)c1cc(-c2cccc(CN3O[C@@H](CO)[C@@H]([C@H](C)O)[C@H]3C(=O)N[C@H]3C[C@H]4C[C@@H]([C@@H]3C)C4(C)C)c2OC)cc(N(C)C)c1. The fourth-order valence-electron chi connectivity index (χ4n) is 8.13. The third-order valence-corrected chi connectivity index (χ3v) is 10.9. The van der Waals surface area contributed by atoms with E-state index in [-0.39, 0.29) is 31.0 Å². The molecule has 4 fully saturated rings. The number of hydrogen-bond donors (Lipinski definition) is 4. The molecular formula is C35H50N4O6. The number of hydrogen-bond acceptors (Lipinski definition) is 8. The third kappa shape index (κ3) is 6.05. The number of aliphatic hydroxyl groups is 2. The highest BCUT2D eigenvalue weighted by Gasteiger charge is 2.57. The highest BCUT2D eigenvalue weighted by molar-refractivity contribution is 5.97. The Kier molecular flexibility index (Phi) is 9.52. The molecule has 4 N–H and O–H groups in total. The molecule has 0 spiro atoms. The summed E-state index contributed by atoms with van der Waals surface area (Å²) in [7, 11) is 7.04. The lowest BCUT2D eigenvalue weighted by Gasteiger charge is -2.62. The molecule has 0 unspecified atom stereocenters. The summed E-state index contributed by atoms with van der Waals surface area (Å²) in [6.45, 7) is 8.40. The molecule has 3 aliphatic carbocycles. The van der Waals surface area contributed by atoms with Crippen LogP contribution in [0.3, 0.4) is 0 Å². The Hall–Kier alpha value is -3.18. The van der Waals surface area contributed by atoms with Gasteiger partial charge >= 0.3 is 0 Å². The van der Waals surface area contributed by atoms with Crippen molar-refractivity contribution in [2.75, 3.05) is 39.8 Å². The topological polar surface area (TPSA) is 124 Å². The van der Waals surface area contributed by atoms with Crippen LogP contribution in [0.2, 0.25) is 0 Å². The van der Waals surface area contributed by atoms with E-state index in [1.165, 1.54) is 6.42 Å². The number of benzene rings is 2. The summed E-state index contributed by atoms with van der Waals surface area (Å²) in [4.78, 5) is 34.9. The minimum absolute atomic E-state index is 0.0512. The van der Waals surface area contributed by atoms with Crippen LogP contribution in [-0.4, -0.2) is 86.2 Å². The van der Waals surface area contributed by atoms with E-state index in [4.69, 9.17) is 9.57 Å². The predicted octanol–water partition coefficient (Wildman–Crippen LogP) is 3.45. The molecule has 6 rings (SSSR count). The molecule has 2 amide bonds. The summed E-state index contributed by atoms with van der Waals surface area (Å²) in [6, 6.07) is 10.7.